The number of hydrogen-bond acceptors (Lipinski definition) is 1. The zero-order valence-electron chi connectivity index (χ0n) is 13.7. The van der Waals surface area contributed by atoms with Gasteiger partial charge in [-0.1, -0.05) is 63.8 Å². The number of aliphatic hydroxyl groups is 1. The van der Waals surface area contributed by atoms with Crippen molar-refractivity contribution in [3.05, 3.63) is 22.3 Å². The maximum Gasteiger partial charge on any atom is 0.0519 e. The van der Waals surface area contributed by atoms with Crippen LogP contribution in [0.3, 0.4) is 0 Å². The Kier molecular flexibility index (Phi) is 3.64. The number of aliphatic hydroxyl groups excluding tert-OH is 1. The second-order valence-electron chi connectivity index (χ2n) is 7.54. The van der Waals surface area contributed by atoms with Gasteiger partial charge in [0.15, 0.2) is 0 Å². The first-order valence-corrected chi connectivity index (χ1v) is 6.92. The summed E-state index contributed by atoms with van der Waals surface area (Å²) in [5, 5.41) is 9.77. The molecule has 0 radical (unpaired) electrons. The minimum atomic E-state index is -0.160. The first-order chi connectivity index (χ1) is 7.90. The third-order valence-corrected chi connectivity index (χ3v) is 5.45. The van der Waals surface area contributed by atoms with Crippen LogP contribution < -0.4 is 0 Å². The Bertz CT molecular complexity index is 417. The van der Waals surface area contributed by atoms with Crippen LogP contribution in [0.1, 0.15) is 62.3 Å². The molecule has 1 aliphatic carbocycles. The molecule has 18 heavy (non-hydrogen) atoms. The predicted molar refractivity (Wildman–Crippen MR) is 79.5 cm³/mol. The predicted octanol–water partition coefficient (Wildman–Crippen LogP) is 4.72. The van der Waals surface area contributed by atoms with Crippen LogP contribution >= 0.6 is 0 Å². The monoisotopic (exact) mass is 250 g/mol. The van der Waals surface area contributed by atoms with Gasteiger partial charge in [0.1, 0.15) is 0 Å². The van der Waals surface area contributed by atoms with Crippen molar-refractivity contribution >= 4 is 0 Å². The van der Waals surface area contributed by atoms with Gasteiger partial charge in [-0.3, -0.25) is 0 Å². The molecule has 104 valence electrons. The van der Waals surface area contributed by atoms with Crippen LogP contribution in [-0.2, 0) is 0 Å². The molecule has 0 amide bonds. The van der Waals surface area contributed by atoms with E-state index in [4.69, 9.17) is 0 Å². The lowest BCUT2D eigenvalue weighted by molar-refractivity contribution is 0.165. The van der Waals surface area contributed by atoms with Crippen LogP contribution in [0.5, 0.6) is 0 Å². The highest BCUT2D eigenvalue weighted by Gasteiger charge is 2.45. The van der Waals surface area contributed by atoms with Gasteiger partial charge in [0, 0.05) is 16.2 Å². The fourth-order valence-corrected chi connectivity index (χ4v) is 3.62. The maximum atomic E-state index is 9.77. The molecule has 0 aromatic heterocycles. The van der Waals surface area contributed by atoms with Crippen LogP contribution in [0.15, 0.2) is 22.3 Å². The summed E-state index contributed by atoms with van der Waals surface area (Å²) in [6.45, 7) is 20.4. The third-order valence-electron chi connectivity index (χ3n) is 5.45. The number of hydrogen-bond donors (Lipinski definition) is 1. The van der Waals surface area contributed by atoms with Crippen molar-refractivity contribution in [3.63, 3.8) is 0 Å². The molecule has 0 spiro atoms. The molecule has 0 unspecified atom stereocenters. The van der Waals surface area contributed by atoms with Crippen molar-refractivity contribution in [1.82, 2.24) is 0 Å². The minimum absolute atomic E-state index is 0.0376. The molecule has 0 atom stereocenters. The summed E-state index contributed by atoms with van der Waals surface area (Å²) in [7, 11) is 0. The van der Waals surface area contributed by atoms with Crippen molar-refractivity contribution in [3.8, 4) is 0 Å². The topological polar surface area (TPSA) is 20.2 Å². The van der Waals surface area contributed by atoms with Gasteiger partial charge >= 0.3 is 0 Å². The maximum absolute atomic E-state index is 9.77. The van der Waals surface area contributed by atoms with E-state index in [0.29, 0.717) is 0 Å². The van der Waals surface area contributed by atoms with Crippen LogP contribution in [-0.4, -0.2) is 11.7 Å². The van der Waals surface area contributed by atoms with Crippen molar-refractivity contribution in [2.24, 2.45) is 16.2 Å². The molecule has 0 bridgehead atoms. The molecule has 1 rings (SSSR count). The quantitative estimate of drug-likeness (QED) is 0.703. The van der Waals surface area contributed by atoms with E-state index in [1.165, 1.54) is 22.3 Å². The molecule has 1 aliphatic rings. The van der Waals surface area contributed by atoms with E-state index in [1.54, 1.807) is 0 Å². The Morgan fingerprint density at radius 2 is 1.22 bits per heavy atom. The zero-order valence-corrected chi connectivity index (χ0v) is 13.7. The molecule has 1 nitrogen and oxygen atoms in total. The van der Waals surface area contributed by atoms with Gasteiger partial charge in [-0.05, 0) is 20.8 Å². The van der Waals surface area contributed by atoms with E-state index in [0.717, 1.165) is 0 Å². The molecule has 0 aliphatic heterocycles. The molecule has 0 aromatic carbocycles. The SMILES string of the molecule is CC1=C(C)C(C)(C)C(C(C)(C)CO)=C(C)C1(C)C. The van der Waals surface area contributed by atoms with Crippen LogP contribution in [0.25, 0.3) is 0 Å². The summed E-state index contributed by atoms with van der Waals surface area (Å²) in [4.78, 5) is 0. The molecule has 0 saturated carbocycles. The summed E-state index contributed by atoms with van der Waals surface area (Å²) in [5.41, 5.74) is 5.74. The van der Waals surface area contributed by atoms with E-state index >= 15 is 0 Å². The normalized spacial score (nSPS) is 23.7. The zero-order chi connectivity index (χ0) is 14.5. The summed E-state index contributed by atoms with van der Waals surface area (Å²) >= 11 is 0. The van der Waals surface area contributed by atoms with Gasteiger partial charge in [-0.2, -0.15) is 0 Å². The first-order valence-electron chi connectivity index (χ1n) is 6.92. The van der Waals surface area contributed by atoms with Crippen molar-refractivity contribution in [1.29, 1.82) is 0 Å². The van der Waals surface area contributed by atoms with Gasteiger partial charge in [0.25, 0.3) is 0 Å². The van der Waals surface area contributed by atoms with Gasteiger partial charge < -0.3 is 5.11 Å². The van der Waals surface area contributed by atoms with Crippen LogP contribution in [0.2, 0.25) is 0 Å². The van der Waals surface area contributed by atoms with Gasteiger partial charge in [-0.15, -0.1) is 0 Å². The Hall–Kier alpha value is -0.560. The van der Waals surface area contributed by atoms with E-state index in [-0.39, 0.29) is 22.9 Å². The highest BCUT2D eigenvalue weighted by molar-refractivity contribution is 5.47. The molecule has 1 heteroatoms. The Balaban J connectivity index is 3.63. The molecular weight excluding hydrogens is 220 g/mol. The summed E-state index contributed by atoms with van der Waals surface area (Å²) < 4.78 is 0. The second-order valence-corrected chi connectivity index (χ2v) is 7.54. The van der Waals surface area contributed by atoms with E-state index in [2.05, 4.69) is 62.3 Å². The van der Waals surface area contributed by atoms with Crippen LogP contribution in [0.4, 0.5) is 0 Å². The Morgan fingerprint density at radius 1 is 0.833 bits per heavy atom. The molecule has 0 heterocycles. The first kappa shape index (κ1) is 15.5. The van der Waals surface area contributed by atoms with Crippen LogP contribution in [0, 0.1) is 16.2 Å². The van der Waals surface area contributed by atoms with Crippen molar-refractivity contribution in [2.45, 2.75) is 62.3 Å². The largest absolute Gasteiger partial charge is 0.395 e. The lowest BCUT2D eigenvalue weighted by Gasteiger charge is -2.49. The van der Waals surface area contributed by atoms with Crippen molar-refractivity contribution < 1.29 is 5.11 Å². The molecule has 1 N–H and O–H groups in total. The molecule has 0 fully saturated rings. The molecular formula is C17H30O. The van der Waals surface area contributed by atoms with Gasteiger partial charge in [-0.25, -0.2) is 0 Å². The third kappa shape index (κ3) is 1.97. The summed E-state index contributed by atoms with van der Waals surface area (Å²) in [6, 6.07) is 0. The molecule has 0 aromatic rings. The Morgan fingerprint density at radius 3 is 1.61 bits per heavy atom. The smallest absolute Gasteiger partial charge is 0.0519 e. The Labute approximate surface area is 113 Å². The second kappa shape index (κ2) is 4.23. The highest BCUT2D eigenvalue weighted by atomic mass is 16.3. The summed E-state index contributed by atoms with van der Waals surface area (Å²) in [6.07, 6.45) is 0. The van der Waals surface area contributed by atoms with E-state index < -0.39 is 0 Å². The minimum Gasteiger partial charge on any atom is -0.395 e. The van der Waals surface area contributed by atoms with Gasteiger partial charge in [0.05, 0.1) is 6.61 Å². The van der Waals surface area contributed by atoms with Gasteiger partial charge in [0.2, 0.25) is 0 Å². The number of allylic oxidation sites excluding steroid dienone is 3. The average molecular weight is 250 g/mol. The lowest BCUT2D eigenvalue weighted by atomic mass is 9.55. The van der Waals surface area contributed by atoms with E-state index in [9.17, 15) is 5.11 Å². The summed E-state index contributed by atoms with van der Waals surface area (Å²) in [5.74, 6) is 0. The molecule has 0 saturated heterocycles. The average Bonchev–Trinajstić information content (AvgIpc) is 2.24. The van der Waals surface area contributed by atoms with E-state index in [1.807, 2.05) is 0 Å². The van der Waals surface area contributed by atoms with Crippen molar-refractivity contribution in [2.75, 3.05) is 6.61 Å². The lowest BCUT2D eigenvalue weighted by Crippen LogP contribution is -2.39. The highest BCUT2D eigenvalue weighted by Crippen LogP contribution is 2.56. The number of rotatable bonds is 2. The fourth-order valence-electron chi connectivity index (χ4n) is 3.62. The fraction of sp³-hybridized carbons (Fsp3) is 0.765. The standard InChI is InChI=1S/C17H30O/c1-11-12(2)17(8,9)14(15(4,5)10-18)13(3)16(11,6)7/h18H,10H2,1-9H3.